The molecular weight excluding hydrogens is 196 g/mol. The molecule has 84 valence electrons. The normalized spacial score (nSPS) is 20.1. The maximum atomic E-state index is 6.05. The molecule has 0 N–H and O–H groups in total. The summed E-state index contributed by atoms with van der Waals surface area (Å²) in [5.41, 5.74) is 0.424. The molecule has 1 rings (SSSR count). The van der Waals surface area contributed by atoms with E-state index in [1.807, 2.05) is 0 Å². The van der Waals surface area contributed by atoms with Crippen LogP contribution < -0.4 is 0 Å². The molecule has 0 atom stereocenters. The Labute approximate surface area is 93.2 Å². The molecule has 14 heavy (non-hydrogen) atoms. The van der Waals surface area contributed by atoms with Crippen molar-refractivity contribution < 1.29 is 4.74 Å². The SMILES string of the molecule is CCCCOCCC1(CCl)CCCC1. The van der Waals surface area contributed by atoms with Gasteiger partial charge >= 0.3 is 0 Å². The average Bonchev–Trinajstić information content (AvgIpc) is 2.67. The van der Waals surface area contributed by atoms with E-state index >= 15 is 0 Å². The van der Waals surface area contributed by atoms with Crippen molar-refractivity contribution in [1.82, 2.24) is 0 Å². The number of ether oxygens (including phenoxy) is 1. The highest BCUT2D eigenvalue weighted by Gasteiger charge is 2.32. The predicted octanol–water partition coefficient (Wildman–Crippen LogP) is 3.99. The maximum Gasteiger partial charge on any atom is 0.0471 e. The van der Waals surface area contributed by atoms with Crippen molar-refractivity contribution in [3.63, 3.8) is 0 Å². The highest BCUT2D eigenvalue weighted by atomic mass is 35.5. The van der Waals surface area contributed by atoms with E-state index in [1.165, 1.54) is 44.9 Å². The molecule has 1 aliphatic carbocycles. The molecule has 0 aliphatic heterocycles. The van der Waals surface area contributed by atoms with E-state index < -0.39 is 0 Å². The molecule has 1 fully saturated rings. The van der Waals surface area contributed by atoms with Gasteiger partial charge in [0.1, 0.15) is 0 Å². The van der Waals surface area contributed by atoms with Gasteiger partial charge in [-0.1, -0.05) is 26.2 Å². The Morgan fingerprint density at radius 2 is 1.93 bits per heavy atom. The lowest BCUT2D eigenvalue weighted by atomic mass is 9.85. The summed E-state index contributed by atoms with van der Waals surface area (Å²) >= 11 is 6.05. The van der Waals surface area contributed by atoms with Gasteiger partial charge in [-0.25, -0.2) is 0 Å². The lowest BCUT2D eigenvalue weighted by Crippen LogP contribution is -2.21. The third kappa shape index (κ3) is 3.78. The predicted molar refractivity (Wildman–Crippen MR) is 62.0 cm³/mol. The summed E-state index contributed by atoms with van der Waals surface area (Å²) in [6.07, 6.45) is 8.93. The molecule has 1 nitrogen and oxygen atoms in total. The summed E-state index contributed by atoms with van der Waals surface area (Å²) in [6, 6.07) is 0. The summed E-state index contributed by atoms with van der Waals surface area (Å²) in [5, 5.41) is 0. The van der Waals surface area contributed by atoms with Crippen LogP contribution in [-0.4, -0.2) is 19.1 Å². The molecule has 0 heterocycles. The standard InChI is InChI=1S/C12H23ClO/c1-2-3-9-14-10-8-12(11-13)6-4-5-7-12/h2-11H2,1H3. The Morgan fingerprint density at radius 1 is 1.21 bits per heavy atom. The molecule has 0 unspecified atom stereocenters. The minimum Gasteiger partial charge on any atom is -0.381 e. The van der Waals surface area contributed by atoms with Crippen LogP contribution in [0.15, 0.2) is 0 Å². The van der Waals surface area contributed by atoms with Crippen molar-refractivity contribution in [1.29, 1.82) is 0 Å². The van der Waals surface area contributed by atoms with Gasteiger partial charge in [0.15, 0.2) is 0 Å². The van der Waals surface area contributed by atoms with Crippen LogP contribution in [-0.2, 0) is 4.74 Å². The number of unbranched alkanes of at least 4 members (excludes halogenated alkanes) is 1. The number of hydrogen-bond acceptors (Lipinski definition) is 1. The highest BCUT2D eigenvalue weighted by Crippen LogP contribution is 2.41. The van der Waals surface area contributed by atoms with E-state index in [9.17, 15) is 0 Å². The van der Waals surface area contributed by atoms with Crippen LogP contribution in [0.4, 0.5) is 0 Å². The van der Waals surface area contributed by atoms with E-state index in [2.05, 4.69) is 6.92 Å². The van der Waals surface area contributed by atoms with Crippen molar-refractivity contribution in [3.8, 4) is 0 Å². The van der Waals surface area contributed by atoms with Gasteiger partial charge in [0.25, 0.3) is 0 Å². The van der Waals surface area contributed by atoms with Crippen LogP contribution in [0.5, 0.6) is 0 Å². The van der Waals surface area contributed by atoms with Gasteiger partial charge in [-0.3, -0.25) is 0 Å². The van der Waals surface area contributed by atoms with Crippen molar-refractivity contribution in [2.45, 2.75) is 51.9 Å². The molecule has 2 heteroatoms. The van der Waals surface area contributed by atoms with Gasteiger partial charge in [0.05, 0.1) is 0 Å². The maximum absolute atomic E-state index is 6.05. The lowest BCUT2D eigenvalue weighted by molar-refractivity contribution is 0.0992. The molecule has 1 aliphatic rings. The zero-order valence-electron chi connectivity index (χ0n) is 9.36. The monoisotopic (exact) mass is 218 g/mol. The molecule has 0 aromatic carbocycles. The highest BCUT2D eigenvalue weighted by molar-refractivity contribution is 6.18. The van der Waals surface area contributed by atoms with Crippen LogP contribution in [0.25, 0.3) is 0 Å². The van der Waals surface area contributed by atoms with Crippen molar-refractivity contribution in [3.05, 3.63) is 0 Å². The van der Waals surface area contributed by atoms with Gasteiger partial charge in [-0.05, 0) is 31.1 Å². The van der Waals surface area contributed by atoms with E-state index in [4.69, 9.17) is 16.3 Å². The number of halogens is 1. The Kier molecular flexibility index (Phi) is 5.88. The second-order valence-electron chi connectivity index (χ2n) is 4.56. The molecule has 0 aromatic rings. The smallest absolute Gasteiger partial charge is 0.0471 e. The third-order valence-electron chi connectivity index (χ3n) is 3.37. The van der Waals surface area contributed by atoms with Gasteiger partial charge in [0.2, 0.25) is 0 Å². The van der Waals surface area contributed by atoms with Gasteiger partial charge in [-0.15, -0.1) is 11.6 Å². The third-order valence-corrected chi connectivity index (χ3v) is 3.93. The number of rotatable bonds is 7. The molecule has 0 spiro atoms. The zero-order chi connectivity index (χ0) is 10.3. The van der Waals surface area contributed by atoms with Crippen molar-refractivity contribution in [2.75, 3.05) is 19.1 Å². The number of hydrogen-bond donors (Lipinski definition) is 0. The summed E-state index contributed by atoms with van der Waals surface area (Å²) in [5.74, 6) is 0.824. The van der Waals surface area contributed by atoms with Crippen molar-refractivity contribution >= 4 is 11.6 Å². The summed E-state index contributed by atoms with van der Waals surface area (Å²) in [6.45, 7) is 4.03. The van der Waals surface area contributed by atoms with E-state index in [-0.39, 0.29) is 0 Å². The Balaban J connectivity index is 2.08. The second kappa shape index (κ2) is 6.68. The zero-order valence-corrected chi connectivity index (χ0v) is 10.1. The lowest BCUT2D eigenvalue weighted by Gasteiger charge is -2.25. The molecule has 0 radical (unpaired) electrons. The van der Waals surface area contributed by atoms with Crippen LogP contribution in [0.2, 0.25) is 0 Å². The molecular formula is C12H23ClO. The van der Waals surface area contributed by atoms with Gasteiger partial charge < -0.3 is 4.74 Å². The van der Waals surface area contributed by atoms with Crippen LogP contribution in [0.3, 0.4) is 0 Å². The fourth-order valence-electron chi connectivity index (χ4n) is 2.21. The second-order valence-corrected chi connectivity index (χ2v) is 4.82. The summed E-state index contributed by atoms with van der Waals surface area (Å²) in [7, 11) is 0. The van der Waals surface area contributed by atoms with Crippen molar-refractivity contribution in [2.24, 2.45) is 5.41 Å². The Morgan fingerprint density at radius 3 is 2.50 bits per heavy atom. The molecule has 1 saturated carbocycles. The first-order chi connectivity index (χ1) is 6.83. The topological polar surface area (TPSA) is 9.23 Å². The minimum atomic E-state index is 0.424. The minimum absolute atomic E-state index is 0.424. The van der Waals surface area contributed by atoms with Crippen LogP contribution in [0, 0.1) is 5.41 Å². The van der Waals surface area contributed by atoms with E-state index in [0.29, 0.717) is 5.41 Å². The quantitative estimate of drug-likeness (QED) is 0.464. The first-order valence-electron chi connectivity index (χ1n) is 5.97. The fraction of sp³-hybridized carbons (Fsp3) is 1.00. The van der Waals surface area contributed by atoms with Crippen LogP contribution in [0.1, 0.15) is 51.9 Å². The Bertz CT molecular complexity index is 141. The first kappa shape index (κ1) is 12.3. The van der Waals surface area contributed by atoms with E-state index in [0.717, 1.165) is 19.1 Å². The molecule has 0 aromatic heterocycles. The van der Waals surface area contributed by atoms with Gasteiger partial charge in [0, 0.05) is 19.1 Å². The fourth-order valence-corrected chi connectivity index (χ4v) is 2.61. The first-order valence-corrected chi connectivity index (χ1v) is 6.50. The molecule has 0 saturated heterocycles. The van der Waals surface area contributed by atoms with E-state index in [1.54, 1.807) is 0 Å². The summed E-state index contributed by atoms with van der Waals surface area (Å²) in [4.78, 5) is 0. The molecule has 0 amide bonds. The summed E-state index contributed by atoms with van der Waals surface area (Å²) < 4.78 is 5.60. The van der Waals surface area contributed by atoms with Crippen LogP contribution >= 0.6 is 11.6 Å². The molecule has 0 bridgehead atoms. The van der Waals surface area contributed by atoms with Gasteiger partial charge in [-0.2, -0.15) is 0 Å². The Hall–Kier alpha value is 0.250. The number of alkyl halides is 1. The average molecular weight is 219 g/mol. The largest absolute Gasteiger partial charge is 0.381 e.